The van der Waals surface area contributed by atoms with Crippen LogP contribution in [0.2, 0.25) is 0 Å². The summed E-state index contributed by atoms with van der Waals surface area (Å²) in [6, 6.07) is 2.02. The molecule has 1 aromatic heterocycles. The molecule has 0 saturated heterocycles. The molecule has 0 aromatic carbocycles. The first-order valence-corrected chi connectivity index (χ1v) is 4.05. The first-order valence-electron chi connectivity index (χ1n) is 3.17. The van der Waals surface area contributed by atoms with E-state index < -0.39 is 0 Å². The maximum Gasteiger partial charge on any atom is 0.0774 e. The molecule has 1 rings (SSSR count). The minimum absolute atomic E-state index is 0.0801. The summed E-state index contributed by atoms with van der Waals surface area (Å²) in [5.41, 5.74) is 6.71. The molecule has 2 nitrogen and oxygen atoms in total. The molecular weight excluding hydrogens is 146 g/mol. The van der Waals surface area contributed by atoms with Crippen LogP contribution in [0.3, 0.4) is 0 Å². The summed E-state index contributed by atoms with van der Waals surface area (Å²) in [7, 11) is 0. The Morgan fingerprint density at radius 3 is 2.80 bits per heavy atom. The number of aliphatic hydroxyl groups excluding tert-OH is 1. The molecule has 0 unspecified atom stereocenters. The van der Waals surface area contributed by atoms with Gasteiger partial charge in [0.15, 0.2) is 0 Å². The fraction of sp³-hybridized carbons (Fsp3) is 0.429. The van der Waals surface area contributed by atoms with Crippen LogP contribution in [0.15, 0.2) is 11.4 Å². The fourth-order valence-corrected chi connectivity index (χ4v) is 1.57. The topological polar surface area (TPSA) is 46.2 Å². The van der Waals surface area contributed by atoms with Crippen molar-refractivity contribution in [2.24, 2.45) is 5.73 Å². The lowest BCUT2D eigenvalue weighted by atomic mass is 10.2. The van der Waals surface area contributed by atoms with Crippen molar-refractivity contribution in [2.75, 3.05) is 0 Å². The molecule has 0 saturated carbocycles. The van der Waals surface area contributed by atoms with Gasteiger partial charge in [-0.05, 0) is 23.9 Å². The van der Waals surface area contributed by atoms with Crippen molar-refractivity contribution in [1.82, 2.24) is 0 Å². The first kappa shape index (κ1) is 7.72. The van der Waals surface area contributed by atoms with Crippen LogP contribution in [0.4, 0.5) is 0 Å². The number of rotatable bonds is 2. The van der Waals surface area contributed by atoms with Crippen LogP contribution in [0, 0.1) is 0 Å². The molecule has 1 atom stereocenters. The second kappa shape index (κ2) is 3.14. The van der Waals surface area contributed by atoms with Gasteiger partial charge in [-0.15, -0.1) is 11.3 Å². The lowest BCUT2D eigenvalue weighted by Crippen LogP contribution is -2.02. The van der Waals surface area contributed by atoms with E-state index in [1.807, 2.05) is 18.4 Å². The monoisotopic (exact) mass is 157 g/mol. The van der Waals surface area contributed by atoms with Gasteiger partial charge in [0.25, 0.3) is 0 Å². The number of aliphatic hydroxyl groups is 1. The van der Waals surface area contributed by atoms with E-state index in [4.69, 9.17) is 10.8 Å². The van der Waals surface area contributed by atoms with E-state index >= 15 is 0 Å². The highest BCUT2D eigenvalue weighted by Crippen LogP contribution is 2.18. The standard InChI is InChI=1S/C7H11NOS/c1-5(8)6-2-7(3-9)10-4-6/h2,4-5,9H,3,8H2,1H3/t5-/m0/s1. The number of hydrogen-bond donors (Lipinski definition) is 2. The van der Waals surface area contributed by atoms with Crippen LogP contribution >= 0.6 is 11.3 Å². The quantitative estimate of drug-likeness (QED) is 0.679. The third-order valence-corrected chi connectivity index (χ3v) is 2.30. The van der Waals surface area contributed by atoms with Crippen molar-refractivity contribution in [3.63, 3.8) is 0 Å². The lowest BCUT2D eigenvalue weighted by Gasteiger charge is -1.97. The highest BCUT2D eigenvalue weighted by molar-refractivity contribution is 7.10. The molecule has 3 N–H and O–H groups in total. The summed E-state index contributed by atoms with van der Waals surface area (Å²) >= 11 is 1.55. The molecule has 0 aliphatic carbocycles. The van der Waals surface area contributed by atoms with Gasteiger partial charge in [0.05, 0.1) is 6.61 Å². The highest BCUT2D eigenvalue weighted by atomic mass is 32.1. The van der Waals surface area contributed by atoms with Gasteiger partial charge >= 0.3 is 0 Å². The molecular formula is C7H11NOS. The largest absolute Gasteiger partial charge is 0.391 e. The fourth-order valence-electron chi connectivity index (χ4n) is 0.719. The van der Waals surface area contributed by atoms with Gasteiger partial charge in [0, 0.05) is 10.9 Å². The van der Waals surface area contributed by atoms with E-state index in [0.717, 1.165) is 10.4 Å². The Bertz CT molecular complexity index is 207. The molecule has 1 aromatic rings. The summed E-state index contributed by atoms with van der Waals surface area (Å²) in [4.78, 5) is 0.979. The van der Waals surface area contributed by atoms with Gasteiger partial charge in [-0.2, -0.15) is 0 Å². The zero-order chi connectivity index (χ0) is 7.56. The van der Waals surface area contributed by atoms with Gasteiger partial charge in [-0.3, -0.25) is 0 Å². The summed E-state index contributed by atoms with van der Waals surface area (Å²) in [5, 5.41) is 10.7. The SMILES string of the molecule is C[C@H](N)c1csc(CO)c1. The Kier molecular flexibility index (Phi) is 2.43. The molecule has 0 radical (unpaired) electrons. The minimum atomic E-state index is 0.0801. The van der Waals surface area contributed by atoms with Crippen molar-refractivity contribution < 1.29 is 5.11 Å². The molecule has 0 spiro atoms. The van der Waals surface area contributed by atoms with Crippen LogP contribution in [-0.2, 0) is 6.61 Å². The second-order valence-electron chi connectivity index (χ2n) is 2.29. The Morgan fingerprint density at radius 2 is 2.50 bits per heavy atom. The minimum Gasteiger partial charge on any atom is -0.391 e. The highest BCUT2D eigenvalue weighted by Gasteiger charge is 2.01. The Hall–Kier alpha value is -0.380. The predicted molar refractivity (Wildman–Crippen MR) is 42.8 cm³/mol. The molecule has 56 valence electrons. The summed E-state index contributed by atoms with van der Waals surface area (Å²) in [6.07, 6.45) is 0. The van der Waals surface area contributed by atoms with E-state index in [-0.39, 0.29) is 12.6 Å². The van der Waals surface area contributed by atoms with Gasteiger partial charge < -0.3 is 10.8 Å². The third kappa shape index (κ3) is 1.56. The predicted octanol–water partition coefficient (Wildman–Crippen LogP) is 1.26. The molecule has 0 aliphatic heterocycles. The normalized spacial score (nSPS) is 13.5. The van der Waals surface area contributed by atoms with Crippen LogP contribution in [0.25, 0.3) is 0 Å². The average molecular weight is 157 g/mol. The maximum atomic E-state index is 8.70. The van der Waals surface area contributed by atoms with Crippen molar-refractivity contribution in [2.45, 2.75) is 19.6 Å². The Morgan fingerprint density at radius 1 is 1.80 bits per heavy atom. The molecule has 3 heteroatoms. The van der Waals surface area contributed by atoms with Gasteiger partial charge in [-0.1, -0.05) is 0 Å². The molecule has 0 aliphatic rings. The summed E-state index contributed by atoms with van der Waals surface area (Å²) < 4.78 is 0. The zero-order valence-electron chi connectivity index (χ0n) is 5.87. The molecule has 0 bridgehead atoms. The lowest BCUT2D eigenvalue weighted by molar-refractivity contribution is 0.285. The van der Waals surface area contributed by atoms with Crippen molar-refractivity contribution >= 4 is 11.3 Å². The van der Waals surface area contributed by atoms with E-state index in [1.165, 1.54) is 0 Å². The number of hydrogen-bond acceptors (Lipinski definition) is 3. The van der Waals surface area contributed by atoms with E-state index in [9.17, 15) is 0 Å². The second-order valence-corrected chi connectivity index (χ2v) is 3.29. The zero-order valence-corrected chi connectivity index (χ0v) is 6.69. The third-order valence-electron chi connectivity index (χ3n) is 1.36. The van der Waals surface area contributed by atoms with E-state index in [0.29, 0.717) is 0 Å². The smallest absolute Gasteiger partial charge is 0.0774 e. The van der Waals surface area contributed by atoms with Crippen molar-refractivity contribution in [1.29, 1.82) is 0 Å². The Balaban J connectivity index is 2.78. The van der Waals surface area contributed by atoms with E-state index in [1.54, 1.807) is 11.3 Å². The maximum absolute atomic E-state index is 8.70. The van der Waals surface area contributed by atoms with Crippen molar-refractivity contribution in [3.8, 4) is 0 Å². The van der Waals surface area contributed by atoms with Crippen LogP contribution in [0.5, 0.6) is 0 Å². The summed E-state index contributed by atoms with van der Waals surface area (Å²) in [6.45, 7) is 2.06. The summed E-state index contributed by atoms with van der Waals surface area (Å²) in [5.74, 6) is 0. The molecule has 0 amide bonds. The van der Waals surface area contributed by atoms with Gasteiger partial charge in [-0.25, -0.2) is 0 Å². The average Bonchev–Trinajstić information content (AvgIpc) is 2.34. The van der Waals surface area contributed by atoms with Crippen LogP contribution in [0.1, 0.15) is 23.4 Å². The van der Waals surface area contributed by atoms with Crippen LogP contribution in [-0.4, -0.2) is 5.11 Å². The van der Waals surface area contributed by atoms with Crippen LogP contribution < -0.4 is 5.73 Å². The van der Waals surface area contributed by atoms with Gasteiger partial charge in [0.2, 0.25) is 0 Å². The van der Waals surface area contributed by atoms with E-state index in [2.05, 4.69) is 0 Å². The molecule has 0 fully saturated rings. The molecule has 10 heavy (non-hydrogen) atoms. The number of nitrogens with two attached hydrogens (primary N) is 1. The van der Waals surface area contributed by atoms with Crippen molar-refractivity contribution in [3.05, 3.63) is 21.9 Å². The molecule has 1 heterocycles. The van der Waals surface area contributed by atoms with Gasteiger partial charge in [0.1, 0.15) is 0 Å². The first-order chi connectivity index (χ1) is 4.74. The Labute approximate surface area is 64.3 Å². The number of thiophene rings is 1.